The van der Waals surface area contributed by atoms with Gasteiger partial charge in [0, 0.05) is 0 Å². The van der Waals surface area contributed by atoms with Gasteiger partial charge in [0.05, 0.1) is 29.1 Å². The van der Waals surface area contributed by atoms with Crippen molar-refractivity contribution in [2.24, 2.45) is 0 Å². The maximum atomic E-state index is 9.47. The second-order valence-electron chi connectivity index (χ2n) is 4.87. The predicted molar refractivity (Wildman–Crippen MR) is 86.3 cm³/mol. The fraction of sp³-hybridized carbons (Fsp3) is 0.235. The number of methoxy groups -OCH3 is 1. The number of rotatable bonds is 4. The Morgan fingerprint density at radius 3 is 2.52 bits per heavy atom. The second kappa shape index (κ2) is 6.85. The first kappa shape index (κ1) is 15.7. The predicted octanol–water partition coefficient (Wildman–Crippen LogP) is 5.16. The molecule has 0 aromatic heterocycles. The standard InChI is InChI=1S/C17H15Cl2NO/c1-11-3-6-17(21-2)13(7-11)8-14(10-20)12-4-5-15(18)16(19)9-12/h3-7,9,14H,8H2,1-2H3. The van der Waals surface area contributed by atoms with E-state index >= 15 is 0 Å². The molecule has 0 bridgehead atoms. The molecule has 2 rings (SSSR count). The van der Waals surface area contributed by atoms with Crippen LogP contribution < -0.4 is 4.74 Å². The van der Waals surface area contributed by atoms with E-state index in [1.54, 1.807) is 19.2 Å². The maximum absolute atomic E-state index is 9.47. The van der Waals surface area contributed by atoms with E-state index < -0.39 is 0 Å². The number of aryl methyl sites for hydroxylation is 1. The molecule has 0 fully saturated rings. The van der Waals surface area contributed by atoms with Crippen LogP contribution in [0.2, 0.25) is 10.0 Å². The first-order valence-corrected chi connectivity index (χ1v) is 7.29. The molecule has 0 saturated heterocycles. The summed E-state index contributed by atoms with van der Waals surface area (Å²) < 4.78 is 5.37. The number of ether oxygens (including phenoxy) is 1. The lowest BCUT2D eigenvalue weighted by molar-refractivity contribution is 0.409. The second-order valence-corrected chi connectivity index (χ2v) is 5.69. The van der Waals surface area contributed by atoms with E-state index in [0.717, 1.165) is 22.4 Å². The number of nitriles is 1. The van der Waals surface area contributed by atoms with Gasteiger partial charge in [-0.15, -0.1) is 0 Å². The first-order chi connectivity index (χ1) is 10.0. The highest BCUT2D eigenvalue weighted by Gasteiger charge is 2.15. The van der Waals surface area contributed by atoms with Crippen LogP contribution in [-0.2, 0) is 6.42 Å². The van der Waals surface area contributed by atoms with Gasteiger partial charge in [-0.3, -0.25) is 0 Å². The van der Waals surface area contributed by atoms with E-state index in [1.165, 1.54) is 0 Å². The lowest BCUT2D eigenvalue weighted by Crippen LogP contribution is -2.03. The van der Waals surface area contributed by atoms with Gasteiger partial charge in [-0.2, -0.15) is 5.26 Å². The van der Waals surface area contributed by atoms with Crippen LogP contribution in [0.25, 0.3) is 0 Å². The molecule has 0 spiro atoms. The van der Waals surface area contributed by atoms with E-state index in [2.05, 4.69) is 6.07 Å². The molecule has 21 heavy (non-hydrogen) atoms. The van der Waals surface area contributed by atoms with E-state index in [0.29, 0.717) is 16.5 Å². The van der Waals surface area contributed by atoms with Crippen molar-refractivity contribution < 1.29 is 4.74 Å². The number of nitrogens with zero attached hydrogens (tertiary/aromatic N) is 1. The van der Waals surface area contributed by atoms with Crippen molar-refractivity contribution in [3.8, 4) is 11.8 Å². The third-order valence-corrected chi connectivity index (χ3v) is 4.10. The van der Waals surface area contributed by atoms with Crippen LogP contribution in [-0.4, -0.2) is 7.11 Å². The van der Waals surface area contributed by atoms with Gasteiger partial charge in [-0.25, -0.2) is 0 Å². The lowest BCUT2D eigenvalue weighted by atomic mass is 9.92. The molecule has 4 heteroatoms. The summed E-state index contributed by atoms with van der Waals surface area (Å²) in [6, 6.07) is 13.6. The average Bonchev–Trinajstić information content (AvgIpc) is 2.48. The molecule has 0 aliphatic rings. The molecule has 0 heterocycles. The highest BCUT2D eigenvalue weighted by molar-refractivity contribution is 6.42. The largest absolute Gasteiger partial charge is 0.496 e. The fourth-order valence-corrected chi connectivity index (χ4v) is 2.56. The summed E-state index contributed by atoms with van der Waals surface area (Å²) in [5.41, 5.74) is 3.00. The molecule has 0 aliphatic carbocycles. The minimum absolute atomic E-state index is 0.296. The van der Waals surface area contributed by atoms with Gasteiger partial charge >= 0.3 is 0 Å². The van der Waals surface area contributed by atoms with Crippen molar-refractivity contribution >= 4 is 23.2 Å². The quantitative estimate of drug-likeness (QED) is 0.779. The Morgan fingerprint density at radius 2 is 1.90 bits per heavy atom. The van der Waals surface area contributed by atoms with Gasteiger partial charge in [-0.1, -0.05) is 47.0 Å². The molecule has 0 radical (unpaired) electrons. The lowest BCUT2D eigenvalue weighted by Gasteiger charge is -2.14. The van der Waals surface area contributed by atoms with Gasteiger partial charge in [-0.05, 0) is 42.7 Å². The minimum Gasteiger partial charge on any atom is -0.496 e. The Morgan fingerprint density at radius 1 is 1.14 bits per heavy atom. The molecular formula is C17H15Cl2NO. The molecule has 108 valence electrons. The smallest absolute Gasteiger partial charge is 0.122 e. The number of hydrogen-bond donors (Lipinski definition) is 0. The van der Waals surface area contributed by atoms with E-state index in [-0.39, 0.29) is 5.92 Å². The van der Waals surface area contributed by atoms with Gasteiger partial charge in [0.2, 0.25) is 0 Å². The van der Waals surface area contributed by atoms with Gasteiger partial charge < -0.3 is 4.74 Å². The Bertz CT molecular complexity index is 692. The number of halogens is 2. The topological polar surface area (TPSA) is 33.0 Å². The van der Waals surface area contributed by atoms with Crippen LogP contribution in [0.4, 0.5) is 0 Å². The van der Waals surface area contributed by atoms with Crippen molar-refractivity contribution in [3.63, 3.8) is 0 Å². The summed E-state index contributed by atoms with van der Waals surface area (Å²) in [5, 5.41) is 10.4. The monoisotopic (exact) mass is 319 g/mol. The van der Waals surface area contributed by atoms with Crippen LogP contribution in [0.5, 0.6) is 5.75 Å². The summed E-state index contributed by atoms with van der Waals surface area (Å²) in [7, 11) is 1.63. The zero-order chi connectivity index (χ0) is 15.4. The van der Waals surface area contributed by atoms with E-state index in [1.807, 2.05) is 31.2 Å². The summed E-state index contributed by atoms with van der Waals surface area (Å²) in [6.07, 6.45) is 0.569. The Balaban J connectivity index is 2.33. The third kappa shape index (κ3) is 3.69. The number of hydrogen-bond acceptors (Lipinski definition) is 2. The Kier molecular flexibility index (Phi) is 5.12. The van der Waals surface area contributed by atoms with Crippen molar-refractivity contribution in [2.45, 2.75) is 19.3 Å². The summed E-state index contributed by atoms with van der Waals surface area (Å²) in [4.78, 5) is 0. The molecular weight excluding hydrogens is 305 g/mol. The summed E-state index contributed by atoms with van der Waals surface area (Å²) >= 11 is 12.0. The highest BCUT2D eigenvalue weighted by atomic mass is 35.5. The van der Waals surface area contributed by atoms with Gasteiger partial charge in [0.15, 0.2) is 0 Å². The SMILES string of the molecule is COc1ccc(C)cc1CC(C#N)c1ccc(Cl)c(Cl)c1. The Labute approximate surface area is 134 Å². The fourth-order valence-electron chi connectivity index (χ4n) is 2.25. The van der Waals surface area contributed by atoms with Crippen molar-refractivity contribution in [1.82, 2.24) is 0 Å². The zero-order valence-corrected chi connectivity index (χ0v) is 13.4. The third-order valence-electron chi connectivity index (χ3n) is 3.36. The van der Waals surface area contributed by atoms with Crippen molar-refractivity contribution in [1.29, 1.82) is 5.26 Å². The number of benzene rings is 2. The van der Waals surface area contributed by atoms with Crippen molar-refractivity contribution in [3.05, 3.63) is 63.1 Å². The van der Waals surface area contributed by atoms with Gasteiger partial charge in [0.25, 0.3) is 0 Å². The molecule has 1 unspecified atom stereocenters. The summed E-state index contributed by atoms with van der Waals surface area (Å²) in [6.45, 7) is 2.02. The van der Waals surface area contributed by atoms with Crippen LogP contribution in [0.15, 0.2) is 36.4 Å². The molecule has 1 atom stereocenters. The zero-order valence-electron chi connectivity index (χ0n) is 11.9. The molecule has 2 aromatic rings. The average molecular weight is 320 g/mol. The molecule has 0 aliphatic heterocycles. The van der Waals surface area contributed by atoms with E-state index in [9.17, 15) is 5.26 Å². The normalized spacial score (nSPS) is 11.8. The highest BCUT2D eigenvalue weighted by Crippen LogP contribution is 2.30. The Hall–Kier alpha value is -1.69. The molecule has 0 saturated carbocycles. The van der Waals surface area contributed by atoms with Crippen LogP contribution in [0.1, 0.15) is 22.6 Å². The van der Waals surface area contributed by atoms with E-state index in [4.69, 9.17) is 27.9 Å². The van der Waals surface area contributed by atoms with Crippen LogP contribution >= 0.6 is 23.2 Å². The van der Waals surface area contributed by atoms with Crippen LogP contribution in [0.3, 0.4) is 0 Å². The first-order valence-electron chi connectivity index (χ1n) is 6.53. The van der Waals surface area contributed by atoms with Crippen LogP contribution in [0, 0.1) is 18.3 Å². The minimum atomic E-state index is -0.296. The maximum Gasteiger partial charge on any atom is 0.122 e. The van der Waals surface area contributed by atoms with Gasteiger partial charge in [0.1, 0.15) is 5.75 Å². The van der Waals surface area contributed by atoms with Crippen molar-refractivity contribution in [2.75, 3.05) is 7.11 Å². The molecule has 0 amide bonds. The molecule has 0 N–H and O–H groups in total. The molecule has 2 aromatic carbocycles. The molecule has 2 nitrogen and oxygen atoms in total. The summed E-state index contributed by atoms with van der Waals surface area (Å²) in [5.74, 6) is 0.497.